The van der Waals surface area contributed by atoms with E-state index in [1.165, 1.54) is 10.1 Å². The molecule has 2 rings (SSSR count). The summed E-state index contributed by atoms with van der Waals surface area (Å²) >= 11 is 7.46. The standard InChI is InChI=1S/C10H11ClN2S/c1-7(6-11)13-10-8-3-5-14-9(8)2-4-12-10/h2-5,7H,6H2,1H3,(H,12,13). The van der Waals surface area contributed by atoms with E-state index >= 15 is 0 Å². The van der Waals surface area contributed by atoms with Gasteiger partial charge in [-0.2, -0.15) is 0 Å². The van der Waals surface area contributed by atoms with Crippen LogP contribution in [0.5, 0.6) is 0 Å². The van der Waals surface area contributed by atoms with Gasteiger partial charge in [0, 0.05) is 28.2 Å². The van der Waals surface area contributed by atoms with Gasteiger partial charge in [-0.3, -0.25) is 0 Å². The molecule has 0 bridgehead atoms. The lowest BCUT2D eigenvalue weighted by Crippen LogP contribution is -2.17. The summed E-state index contributed by atoms with van der Waals surface area (Å²) in [5.41, 5.74) is 0. The molecular formula is C10H11ClN2S. The van der Waals surface area contributed by atoms with Crippen LogP contribution < -0.4 is 5.32 Å². The van der Waals surface area contributed by atoms with Gasteiger partial charge in [0.2, 0.25) is 0 Å². The Bertz CT molecular complexity index is 427. The van der Waals surface area contributed by atoms with Crippen LogP contribution in [-0.4, -0.2) is 16.9 Å². The zero-order valence-corrected chi connectivity index (χ0v) is 9.40. The minimum Gasteiger partial charge on any atom is -0.366 e. The predicted octanol–water partition coefficient (Wildman–Crippen LogP) is 3.34. The van der Waals surface area contributed by atoms with Crippen molar-refractivity contribution in [2.45, 2.75) is 13.0 Å². The number of thiophene rings is 1. The summed E-state index contributed by atoms with van der Waals surface area (Å²) in [6, 6.07) is 4.35. The number of rotatable bonds is 3. The number of pyridine rings is 1. The van der Waals surface area contributed by atoms with E-state index in [1.807, 2.05) is 19.2 Å². The maximum absolute atomic E-state index is 5.74. The van der Waals surface area contributed by atoms with Crippen molar-refractivity contribution in [3.63, 3.8) is 0 Å². The van der Waals surface area contributed by atoms with Crippen molar-refractivity contribution in [1.29, 1.82) is 0 Å². The maximum atomic E-state index is 5.74. The van der Waals surface area contributed by atoms with Gasteiger partial charge in [0.15, 0.2) is 0 Å². The van der Waals surface area contributed by atoms with Crippen LogP contribution in [0.25, 0.3) is 10.1 Å². The minimum absolute atomic E-state index is 0.245. The summed E-state index contributed by atoms with van der Waals surface area (Å²) in [6.45, 7) is 2.04. The number of aromatic nitrogens is 1. The van der Waals surface area contributed by atoms with E-state index in [2.05, 4.69) is 21.7 Å². The molecule has 14 heavy (non-hydrogen) atoms. The highest BCUT2D eigenvalue weighted by Crippen LogP contribution is 2.26. The van der Waals surface area contributed by atoms with Crippen LogP contribution in [0.4, 0.5) is 5.82 Å². The zero-order valence-electron chi connectivity index (χ0n) is 7.83. The average Bonchev–Trinajstić information content (AvgIpc) is 2.66. The highest BCUT2D eigenvalue weighted by atomic mass is 35.5. The Morgan fingerprint density at radius 1 is 1.57 bits per heavy atom. The molecule has 0 aliphatic carbocycles. The van der Waals surface area contributed by atoms with Crippen molar-refractivity contribution in [3.8, 4) is 0 Å². The molecule has 74 valence electrons. The van der Waals surface area contributed by atoms with E-state index in [0.717, 1.165) is 5.82 Å². The first-order chi connectivity index (χ1) is 6.81. The lowest BCUT2D eigenvalue weighted by Gasteiger charge is -2.11. The maximum Gasteiger partial charge on any atom is 0.134 e. The molecule has 2 aromatic rings. The molecule has 2 heterocycles. The van der Waals surface area contributed by atoms with E-state index in [0.29, 0.717) is 5.88 Å². The lowest BCUT2D eigenvalue weighted by molar-refractivity contribution is 0.900. The topological polar surface area (TPSA) is 24.9 Å². The Hall–Kier alpha value is -0.800. The van der Waals surface area contributed by atoms with Crippen molar-refractivity contribution in [2.24, 2.45) is 0 Å². The zero-order chi connectivity index (χ0) is 9.97. The number of nitrogens with zero attached hydrogens (tertiary/aromatic N) is 1. The van der Waals surface area contributed by atoms with Gasteiger partial charge < -0.3 is 5.32 Å². The molecule has 1 N–H and O–H groups in total. The first kappa shape index (κ1) is 9.74. The van der Waals surface area contributed by atoms with E-state index in [-0.39, 0.29) is 6.04 Å². The summed E-state index contributed by atoms with van der Waals surface area (Å²) in [5, 5.41) is 6.53. The number of alkyl halides is 1. The molecule has 0 fully saturated rings. The molecule has 0 saturated carbocycles. The second-order valence-electron chi connectivity index (χ2n) is 3.19. The van der Waals surface area contributed by atoms with Crippen LogP contribution in [0, 0.1) is 0 Å². The highest BCUT2D eigenvalue weighted by molar-refractivity contribution is 7.17. The van der Waals surface area contributed by atoms with Gasteiger partial charge in [-0.1, -0.05) is 0 Å². The van der Waals surface area contributed by atoms with Crippen molar-refractivity contribution >= 4 is 38.8 Å². The summed E-state index contributed by atoms with van der Waals surface area (Å²) in [5.74, 6) is 1.51. The third-order valence-corrected chi connectivity index (χ3v) is 3.34. The van der Waals surface area contributed by atoms with Crippen LogP contribution >= 0.6 is 22.9 Å². The lowest BCUT2D eigenvalue weighted by atomic mass is 10.3. The van der Waals surface area contributed by atoms with Gasteiger partial charge in [-0.05, 0) is 24.4 Å². The van der Waals surface area contributed by atoms with Gasteiger partial charge in [0.05, 0.1) is 0 Å². The summed E-state index contributed by atoms with van der Waals surface area (Å²) in [4.78, 5) is 4.30. The fourth-order valence-electron chi connectivity index (χ4n) is 1.28. The second-order valence-corrected chi connectivity index (χ2v) is 4.45. The molecule has 1 unspecified atom stereocenters. The molecule has 0 aliphatic rings. The Labute approximate surface area is 91.9 Å². The number of nitrogens with one attached hydrogen (secondary N) is 1. The summed E-state index contributed by atoms with van der Waals surface area (Å²) < 4.78 is 1.25. The molecular weight excluding hydrogens is 216 g/mol. The summed E-state index contributed by atoms with van der Waals surface area (Å²) in [6.07, 6.45) is 1.82. The second kappa shape index (κ2) is 4.15. The van der Waals surface area contributed by atoms with Crippen molar-refractivity contribution in [1.82, 2.24) is 4.98 Å². The number of fused-ring (bicyclic) bond motifs is 1. The van der Waals surface area contributed by atoms with E-state index in [9.17, 15) is 0 Å². The quantitative estimate of drug-likeness (QED) is 0.813. The molecule has 0 radical (unpaired) electrons. The van der Waals surface area contributed by atoms with Gasteiger partial charge in [-0.25, -0.2) is 4.98 Å². The number of halogens is 1. The fourth-order valence-corrected chi connectivity index (χ4v) is 2.14. The smallest absolute Gasteiger partial charge is 0.134 e. The van der Waals surface area contributed by atoms with Crippen molar-refractivity contribution in [2.75, 3.05) is 11.2 Å². The summed E-state index contributed by atoms with van der Waals surface area (Å²) in [7, 11) is 0. The minimum atomic E-state index is 0.245. The molecule has 4 heteroatoms. The third-order valence-electron chi connectivity index (χ3n) is 1.99. The van der Waals surface area contributed by atoms with Crippen molar-refractivity contribution < 1.29 is 0 Å². The Morgan fingerprint density at radius 3 is 3.21 bits per heavy atom. The molecule has 2 nitrogen and oxygen atoms in total. The average molecular weight is 227 g/mol. The Morgan fingerprint density at radius 2 is 2.43 bits per heavy atom. The van der Waals surface area contributed by atoms with Gasteiger partial charge in [0.25, 0.3) is 0 Å². The molecule has 0 spiro atoms. The van der Waals surface area contributed by atoms with Crippen LogP contribution in [0.3, 0.4) is 0 Å². The number of hydrogen-bond donors (Lipinski definition) is 1. The SMILES string of the molecule is CC(CCl)Nc1nccc2sccc12. The number of hydrogen-bond acceptors (Lipinski definition) is 3. The fraction of sp³-hybridized carbons (Fsp3) is 0.300. The normalized spacial score (nSPS) is 13.0. The van der Waals surface area contributed by atoms with Gasteiger partial charge in [-0.15, -0.1) is 22.9 Å². The predicted molar refractivity (Wildman–Crippen MR) is 63.4 cm³/mol. The van der Waals surface area contributed by atoms with Crippen LogP contribution in [0.2, 0.25) is 0 Å². The van der Waals surface area contributed by atoms with Crippen LogP contribution in [-0.2, 0) is 0 Å². The van der Waals surface area contributed by atoms with E-state index in [4.69, 9.17) is 11.6 Å². The molecule has 1 atom stereocenters. The molecule has 0 aliphatic heterocycles. The molecule has 2 aromatic heterocycles. The van der Waals surface area contributed by atoms with E-state index in [1.54, 1.807) is 11.3 Å². The third kappa shape index (κ3) is 1.83. The van der Waals surface area contributed by atoms with Crippen LogP contribution in [0.15, 0.2) is 23.7 Å². The van der Waals surface area contributed by atoms with Crippen LogP contribution in [0.1, 0.15) is 6.92 Å². The first-order valence-electron chi connectivity index (χ1n) is 4.46. The monoisotopic (exact) mass is 226 g/mol. The molecule has 0 saturated heterocycles. The van der Waals surface area contributed by atoms with Gasteiger partial charge in [0.1, 0.15) is 5.82 Å². The molecule has 0 amide bonds. The molecule has 0 aromatic carbocycles. The first-order valence-corrected chi connectivity index (χ1v) is 5.87. The Kier molecular flexibility index (Phi) is 2.89. The number of anilines is 1. The van der Waals surface area contributed by atoms with Crippen molar-refractivity contribution in [3.05, 3.63) is 23.7 Å². The largest absolute Gasteiger partial charge is 0.366 e. The van der Waals surface area contributed by atoms with Gasteiger partial charge >= 0.3 is 0 Å². The highest BCUT2D eigenvalue weighted by Gasteiger charge is 2.05. The Balaban J connectivity index is 2.36. The van der Waals surface area contributed by atoms with E-state index < -0.39 is 0 Å².